The van der Waals surface area contributed by atoms with Gasteiger partial charge in [0.15, 0.2) is 0 Å². The number of rotatable bonds is 2. The highest BCUT2D eigenvalue weighted by Crippen LogP contribution is 2.09. The molecule has 4 aromatic rings. The highest BCUT2D eigenvalue weighted by molar-refractivity contribution is 5.83. The van der Waals surface area contributed by atoms with E-state index in [1.54, 1.807) is 12.1 Å². The molecule has 0 N–H and O–H groups in total. The molecule has 0 aliphatic rings. The number of carbonyl (C=O) groups excluding carboxylic acids is 2. The summed E-state index contributed by atoms with van der Waals surface area (Å²) in [4.78, 5) is 21.2. The van der Waals surface area contributed by atoms with Crippen LogP contribution in [0.3, 0.4) is 0 Å². The summed E-state index contributed by atoms with van der Waals surface area (Å²) in [6, 6.07) is 9.05. The van der Waals surface area contributed by atoms with Crippen LogP contribution in [-0.4, -0.2) is 22.9 Å². The fourth-order valence-electron chi connectivity index (χ4n) is 1.93. The lowest BCUT2D eigenvalue weighted by Crippen LogP contribution is -2.22. The lowest BCUT2D eigenvalue weighted by Gasteiger charge is -1.87. The second kappa shape index (κ2) is 6.12. The summed E-state index contributed by atoms with van der Waals surface area (Å²) >= 11 is 0. The van der Waals surface area contributed by atoms with Gasteiger partial charge in [-0.1, -0.05) is 0 Å². The molecular weight excluding hydrogens is 320 g/mol. The van der Waals surface area contributed by atoms with Gasteiger partial charge in [-0.2, -0.15) is 0 Å². The third-order valence-electron chi connectivity index (χ3n) is 3.09. The highest BCUT2D eigenvalue weighted by Gasteiger charge is 2.09. The van der Waals surface area contributed by atoms with Crippen molar-refractivity contribution in [3.05, 3.63) is 57.9 Å². The van der Waals surface area contributed by atoms with Crippen LogP contribution in [0.25, 0.3) is 22.1 Å². The van der Waals surface area contributed by atoms with Crippen molar-refractivity contribution in [2.75, 3.05) is 0 Å². The molecule has 120 valence electrons. The third kappa shape index (κ3) is 2.75. The van der Waals surface area contributed by atoms with E-state index in [1.807, 2.05) is 0 Å². The normalized spacial score (nSPS) is 10.3. The monoisotopic (exact) mass is 328 g/mol. The lowest BCUT2D eigenvalue weighted by molar-refractivity contribution is -0.782. The molecule has 0 radical (unpaired) electrons. The Labute approximate surface area is 132 Å². The van der Waals surface area contributed by atoms with Gasteiger partial charge in [0.05, 0.1) is 0 Å². The second-order valence-corrected chi connectivity index (χ2v) is 4.59. The molecule has 0 atom stereocenters. The van der Waals surface area contributed by atoms with Crippen LogP contribution >= 0.6 is 0 Å². The van der Waals surface area contributed by atoms with Gasteiger partial charge < -0.3 is 10.4 Å². The Morgan fingerprint density at radius 1 is 0.792 bits per heavy atom. The van der Waals surface area contributed by atoms with E-state index in [-0.39, 0.29) is 10.4 Å². The molecule has 0 spiro atoms. The van der Waals surface area contributed by atoms with Crippen LogP contribution in [0, 0.1) is 10.4 Å². The smallest absolute Gasteiger partial charge is 0.249 e. The summed E-state index contributed by atoms with van der Waals surface area (Å²) in [5, 5.41) is 28.5. The Balaban J connectivity index is 0.000000141. The number of carbonyl (C=O) groups is 2. The average Bonchev–Trinajstić information content (AvgIpc) is 3.18. The molecule has 0 aliphatic carbocycles. The van der Waals surface area contributed by atoms with Crippen LogP contribution in [0.5, 0.6) is 0 Å². The number of nitrogens with zero attached hydrogens (tertiary/aromatic N) is 4. The maximum Gasteiger partial charge on any atom is 0.249 e. The fourth-order valence-corrected chi connectivity index (χ4v) is 1.93. The Morgan fingerprint density at radius 2 is 1.38 bits per heavy atom. The minimum absolute atomic E-state index is 0.264. The van der Waals surface area contributed by atoms with Gasteiger partial charge in [0.2, 0.25) is 22.1 Å². The molecule has 10 heteroatoms. The van der Waals surface area contributed by atoms with Gasteiger partial charge >= 0.3 is 0 Å². The third-order valence-corrected chi connectivity index (χ3v) is 3.09. The summed E-state index contributed by atoms with van der Waals surface area (Å²) in [7, 11) is 0. The van der Waals surface area contributed by atoms with Gasteiger partial charge in [0.1, 0.15) is 12.6 Å². The molecule has 0 amide bonds. The summed E-state index contributed by atoms with van der Waals surface area (Å²) < 4.78 is 8.62. The van der Waals surface area contributed by atoms with E-state index in [1.165, 1.54) is 24.3 Å². The maximum atomic E-state index is 10.8. The Bertz CT molecular complexity index is 1040. The molecule has 10 nitrogen and oxygen atoms in total. The van der Waals surface area contributed by atoms with Gasteiger partial charge in [0.25, 0.3) is 0 Å². The van der Waals surface area contributed by atoms with E-state index in [0.29, 0.717) is 45.2 Å². The van der Waals surface area contributed by atoms with Crippen molar-refractivity contribution in [3.8, 4) is 0 Å². The standard InChI is InChI=1S/2C7H4N2O3/c10-4-5-1-2-7-6(3-5)8-12-9(7)11;10-4-5-1-2-6-7(3-5)9(11)12-8-6/h2*1-4H. The van der Waals surface area contributed by atoms with Crippen LogP contribution in [0.4, 0.5) is 0 Å². The first-order valence-corrected chi connectivity index (χ1v) is 6.51. The van der Waals surface area contributed by atoms with Crippen molar-refractivity contribution in [2.24, 2.45) is 0 Å². The molecule has 0 saturated carbocycles. The minimum Gasteiger partial charge on any atom is -0.359 e. The first kappa shape index (κ1) is 15.1. The first-order chi connectivity index (χ1) is 11.6. The Kier molecular flexibility index (Phi) is 3.85. The molecule has 0 unspecified atom stereocenters. The van der Waals surface area contributed by atoms with Crippen molar-refractivity contribution in [3.63, 3.8) is 0 Å². The molecule has 0 fully saturated rings. The van der Waals surface area contributed by atoms with Crippen molar-refractivity contribution < 1.29 is 28.7 Å². The first-order valence-electron chi connectivity index (χ1n) is 6.51. The zero-order valence-electron chi connectivity index (χ0n) is 11.9. The predicted octanol–water partition coefficient (Wildman–Crippen LogP) is 0.547. The van der Waals surface area contributed by atoms with Crippen molar-refractivity contribution in [1.82, 2.24) is 10.3 Å². The summed E-state index contributed by atoms with van der Waals surface area (Å²) in [5.41, 5.74) is 2.30. The van der Waals surface area contributed by atoms with E-state index in [4.69, 9.17) is 0 Å². The fraction of sp³-hybridized carbons (Fsp3) is 0. The number of fused-ring (bicyclic) bond motifs is 2. The van der Waals surface area contributed by atoms with Crippen LogP contribution in [0.2, 0.25) is 0 Å². The van der Waals surface area contributed by atoms with Crippen molar-refractivity contribution in [1.29, 1.82) is 0 Å². The Hall–Kier alpha value is -3.82. The molecule has 0 saturated heterocycles. The second-order valence-electron chi connectivity index (χ2n) is 4.59. The number of hydrogen-bond acceptors (Lipinski definition) is 8. The molecule has 0 bridgehead atoms. The number of aldehydes is 2. The van der Waals surface area contributed by atoms with Crippen LogP contribution in [0.1, 0.15) is 20.7 Å². The molecule has 2 aromatic heterocycles. The molecule has 0 aliphatic heterocycles. The van der Waals surface area contributed by atoms with Crippen molar-refractivity contribution >= 4 is 34.6 Å². The minimum atomic E-state index is 0.264. The quantitative estimate of drug-likeness (QED) is 0.383. The van der Waals surface area contributed by atoms with E-state index < -0.39 is 0 Å². The molecule has 4 rings (SSSR count). The predicted molar refractivity (Wildman–Crippen MR) is 76.7 cm³/mol. The molecule has 2 aromatic carbocycles. The summed E-state index contributed by atoms with van der Waals surface area (Å²) in [6.07, 6.45) is 1.34. The number of benzene rings is 2. The van der Waals surface area contributed by atoms with Crippen molar-refractivity contribution in [2.45, 2.75) is 0 Å². The maximum absolute atomic E-state index is 10.8. The van der Waals surface area contributed by atoms with Crippen LogP contribution < -0.4 is 9.81 Å². The van der Waals surface area contributed by atoms with Gasteiger partial charge in [-0.3, -0.25) is 18.8 Å². The zero-order chi connectivity index (χ0) is 17.1. The van der Waals surface area contributed by atoms with E-state index in [9.17, 15) is 20.0 Å². The molecule has 2 heterocycles. The zero-order valence-corrected chi connectivity index (χ0v) is 11.9. The van der Waals surface area contributed by atoms with Gasteiger partial charge in [-0.25, -0.2) is 0 Å². The topological polar surface area (TPSA) is 140 Å². The van der Waals surface area contributed by atoms with E-state index in [0.717, 1.165) is 0 Å². The van der Waals surface area contributed by atoms with Crippen LogP contribution in [-0.2, 0) is 0 Å². The highest BCUT2D eigenvalue weighted by atomic mass is 16.8. The van der Waals surface area contributed by atoms with E-state index in [2.05, 4.69) is 19.6 Å². The van der Waals surface area contributed by atoms with Crippen LogP contribution in [0.15, 0.2) is 45.7 Å². The van der Waals surface area contributed by atoms with E-state index >= 15 is 0 Å². The molecular formula is C14H8N4O6. The SMILES string of the molecule is O=Cc1ccc2c(c1)no[n+]2[O-].O=Cc1ccc2no[n+]([O-])c2c1. The largest absolute Gasteiger partial charge is 0.359 e. The Morgan fingerprint density at radius 3 is 2.08 bits per heavy atom. The number of hydrogen-bond donors (Lipinski definition) is 0. The van der Waals surface area contributed by atoms with Gasteiger partial charge in [-0.05, 0) is 34.1 Å². The average molecular weight is 328 g/mol. The summed E-state index contributed by atoms with van der Waals surface area (Å²) in [6.45, 7) is 0. The molecule has 24 heavy (non-hydrogen) atoms. The number of aromatic nitrogens is 4. The summed E-state index contributed by atoms with van der Waals surface area (Å²) in [5.74, 6) is 0. The van der Waals surface area contributed by atoms with Gasteiger partial charge in [-0.15, -0.1) is 0 Å². The lowest BCUT2D eigenvalue weighted by atomic mass is 10.2. The van der Waals surface area contributed by atoms with Gasteiger partial charge in [0, 0.05) is 33.6 Å².